The van der Waals surface area contributed by atoms with Gasteiger partial charge in [0.05, 0.1) is 12.8 Å². The van der Waals surface area contributed by atoms with E-state index in [2.05, 4.69) is 25.3 Å². The van der Waals surface area contributed by atoms with Gasteiger partial charge in [-0.25, -0.2) is 9.97 Å². The molecule has 2 aromatic rings. The average Bonchev–Trinajstić information content (AvgIpc) is 3.09. The van der Waals surface area contributed by atoms with E-state index in [4.69, 9.17) is 9.26 Å². The van der Waals surface area contributed by atoms with Crippen molar-refractivity contribution in [3.8, 4) is 5.88 Å². The first-order valence-electron chi connectivity index (χ1n) is 7.00. The van der Waals surface area contributed by atoms with Crippen LogP contribution in [0, 0.1) is 6.92 Å². The van der Waals surface area contributed by atoms with Crippen molar-refractivity contribution in [2.24, 2.45) is 0 Å². The molecule has 0 radical (unpaired) electrons. The minimum atomic E-state index is 0.373. The van der Waals surface area contributed by atoms with Gasteiger partial charge in [-0.3, -0.25) is 4.90 Å². The van der Waals surface area contributed by atoms with E-state index in [9.17, 15) is 0 Å². The normalized spacial score (nSPS) is 18.9. The average molecular weight is 289 g/mol. The Labute approximate surface area is 123 Å². The summed E-state index contributed by atoms with van der Waals surface area (Å²) in [5.41, 5.74) is 0.983. The standard InChI is InChI=1S/C14H19N5O2/c1-10-5-12(18-21-10)8-19-4-3-11(7-19)17-13-6-14(20-2)16-9-15-13/h5-6,9,11H,3-4,7-8H2,1-2H3,(H,15,16,17). The maximum absolute atomic E-state index is 5.10. The van der Waals surface area contributed by atoms with Crippen molar-refractivity contribution in [1.82, 2.24) is 20.0 Å². The van der Waals surface area contributed by atoms with Crippen molar-refractivity contribution in [3.05, 3.63) is 29.9 Å². The number of nitrogens with one attached hydrogen (secondary N) is 1. The Morgan fingerprint density at radius 3 is 3.10 bits per heavy atom. The lowest BCUT2D eigenvalue weighted by Crippen LogP contribution is -2.26. The zero-order chi connectivity index (χ0) is 14.7. The topological polar surface area (TPSA) is 76.3 Å². The van der Waals surface area contributed by atoms with Gasteiger partial charge in [0.2, 0.25) is 5.88 Å². The third-order valence-corrected chi connectivity index (χ3v) is 3.54. The molecular weight excluding hydrogens is 270 g/mol. The fraction of sp³-hybridized carbons (Fsp3) is 0.500. The molecule has 1 N–H and O–H groups in total. The van der Waals surface area contributed by atoms with E-state index in [1.165, 1.54) is 6.33 Å². The number of ether oxygens (including phenoxy) is 1. The number of hydrogen-bond donors (Lipinski definition) is 1. The van der Waals surface area contributed by atoms with E-state index in [0.29, 0.717) is 11.9 Å². The number of nitrogens with zero attached hydrogens (tertiary/aromatic N) is 4. The van der Waals surface area contributed by atoms with Crippen molar-refractivity contribution in [3.63, 3.8) is 0 Å². The third kappa shape index (κ3) is 3.49. The molecule has 1 unspecified atom stereocenters. The van der Waals surface area contributed by atoms with Crippen LogP contribution in [0.4, 0.5) is 5.82 Å². The highest BCUT2D eigenvalue weighted by Gasteiger charge is 2.23. The highest BCUT2D eigenvalue weighted by molar-refractivity contribution is 5.38. The molecule has 0 bridgehead atoms. The first-order chi connectivity index (χ1) is 10.2. The van der Waals surface area contributed by atoms with E-state index < -0.39 is 0 Å². The summed E-state index contributed by atoms with van der Waals surface area (Å²) in [7, 11) is 1.60. The second-order valence-electron chi connectivity index (χ2n) is 5.24. The predicted octanol–water partition coefficient (Wildman–Crippen LogP) is 1.47. The van der Waals surface area contributed by atoms with Gasteiger partial charge in [0, 0.05) is 37.8 Å². The van der Waals surface area contributed by atoms with Crippen LogP contribution in [0.15, 0.2) is 23.0 Å². The van der Waals surface area contributed by atoms with Crippen molar-refractivity contribution in [2.75, 3.05) is 25.5 Å². The number of rotatable bonds is 5. The SMILES string of the molecule is COc1cc(NC2CCN(Cc3cc(C)on3)C2)ncn1. The molecule has 0 aliphatic carbocycles. The second-order valence-corrected chi connectivity index (χ2v) is 5.24. The first kappa shape index (κ1) is 13.8. The number of anilines is 1. The molecule has 0 saturated carbocycles. The zero-order valence-electron chi connectivity index (χ0n) is 12.2. The summed E-state index contributed by atoms with van der Waals surface area (Å²) in [4.78, 5) is 10.6. The largest absolute Gasteiger partial charge is 0.481 e. The molecule has 1 aliphatic heterocycles. The van der Waals surface area contributed by atoms with Crippen molar-refractivity contribution in [1.29, 1.82) is 0 Å². The Hall–Kier alpha value is -2.15. The number of aromatic nitrogens is 3. The molecule has 1 atom stereocenters. The van der Waals surface area contributed by atoms with Crippen molar-refractivity contribution < 1.29 is 9.26 Å². The van der Waals surface area contributed by atoms with Gasteiger partial charge in [0.25, 0.3) is 0 Å². The predicted molar refractivity (Wildman–Crippen MR) is 77.1 cm³/mol. The van der Waals surface area contributed by atoms with Crippen LogP contribution in [0.1, 0.15) is 17.9 Å². The van der Waals surface area contributed by atoms with Gasteiger partial charge in [-0.15, -0.1) is 0 Å². The van der Waals surface area contributed by atoms with E-state index in [-0.39, 0.29) is 0 Å². The van der Waals surface area contributed by atoms with Crippen molar-refractivity contribution >= 4 is 5.82 Å². The minimum absolute atomic E-state index is 0.373. The summed E-state index contributed by atoms with van der Waals surface area (Å²) in [5, 5.41) is 7.46. The molecule has 7 nitrogen and oxygen atoms in total. The lowest BCUT2D eigenvalue weighted by atomic mass is 10.2. The van der Waals surface area contributed by atoms with Crippen LogP contribution in [0.2, 0.25) is 0 Å². The molecule has 0 aromatic carbocycles. The smallest absolute Gasteiger partial charge is 0.218 e. The Morgan fingerprint density at radius 2 is 2.33 bits per heavy atom. The quantitative estimate of drug-likeness (QED) is 0.893. The maximum Gasteiger partial charge on any atom is 0.218 e. The van der Waals surface area contributed by atoms with Crippen LogP contribution < -0.4 is 10.1 Å². The first-order valence-corrected chi connectivity index (χ1v) is 7.00. The van der Waals surface area contributed by atoms with Gasteiger partial charge in [0.15, 0.2) is 0 Å². The zero-order valence-corrected chi connectivity index (χ0v) is 12.2. The molecule has 112 valence electrons. The molecule has 0 amide bonds. The van der Waals surface area contributed by atoms with Gasteiger partial charge >= 0.3 is 0 Å². The lowest BCUT2D eigenvalue weighted by molar-refractivity contribution is 0.309. The third-order valence-electron chi connectivity index (χ3n) is 3.54. The fourth-order valence-corrected chi connectivity index (χ4v) is 2.55. The molecule has 3 rings (SSSR count). The Kier molecular flexibility index (Phi) is 4.01. The molecule has 1 fully saturated rings. The highest BCUT2D eigenvalue weighted by atomic mass is 16.5. The van der Waals surface area contributed by atoms with Gasteiger partial charge < -0.3 is 14.6 Å². The van der Waals surface area contributed by atoms with Gasteiger partial charge in [-0.1, -0.05) is 5.16 Å². The van der Waals surface area contributed by atoms with E-state index in [0.717, 1.165) is 43.3 Å². The summed E-state index contributed by atoms with van der Waals surface area (Å²) in [6.07, 6.45) is 2.58. The minimum Gasteiger partial charge on any atom is -0.481 e. The monoisotopic (exact) mass is 289 g/mol. The lowest BCUT2D eigenvalue weighted by Gasteiger charge is -2.15. The van der Waals surface area contributed by atoms with Crippen LogP contribution in [-0.2, 0) is 6.54 Å². The molecule has 7 heteroatoms. The van der Waals surface area contributed by atoms with Gasteiger partial charge in [0.1, 0.15) is 17.9 Å². The Bertz CT molecular complexity index is 601. The van der Waals surface area contributed by atoms with Crippen LogP contribution in [0.25, 0.3) is 0 Å². The van der Waals surface area contributed by atoms with Gasteiger partial charge in [-0.2, -0.15) is 0 Å². The number of likely N-dealkylation sites (tertiary alicyclic amines) is 1. The van der Waals surface area contributed by atoms with Crippen LogP contribution >= 0.6 is 0 Å². The summed E-state index contributed by atoms with van der Waals surface area (Å²) in [5.74, 6) is 2.22. The number of aryl methyl sites for hydroxylation is 1. The summed E-state index contributed by atoms with van der Waals surface area (Å²) in [6, 6.07) is 4.16. The van der Waals surface area contributed by atoms with E-state index in [1.807, 2.05) is 19.1 Å². The Balaban J connectivity index is 1.54. The maximum atomic E-state index is 5.10. The number of methoxy groups -OCH3 is 1. The second kappa shape index (κ2) is 6.09. The molecule has 1 aliphatic rings. The summed E-state index contributed by atoms with van der Waals surface area (Å²) < 4.78 is 10.2. The highest BCUT2D eigenvalue weighted by Crippen LogP contribution is 2.18. The van der Waals surface area contributed by atoms with Crippen LogP contribution in [-0.4, -0.2) is 46.3 Å². The number of hydrogen-bond acceptors (Lipinski definition) is 7. The molecule has 1 saturated heterocycles. The molecule has 3 heterocycles. The van der Waals surface area contributed by atoms with Gasteiger partial charge in [-0.05, 0) is 13.3 Å². The summed E-state index contributed by atoms with van der Waals surface area (Å²) in [6.45, 7) is 4.72. The van der Waals surface area contributed by atoms with Crippen LogP contribution in [0.5, 0.6) is 5.88 Å². The summed E-state index contributed by atoms with van der Waals surface area (Å²) >= 11 is 0. The molecule has 0 spiro atoms. The molecule has 21 heavy (non-hydrogen) atoms. The van der Waals surface area contributed by atoms with E-state index in [1.54, 1.807) is 7.11 Å². The fourth-order valence-electron chi connectivity index (χ4n) is 2.55. The molecule has 2 aromatic heterocycles. The van der Waals surface area contributed by atoms with Crippen LogP contribution in [0.3, 0.4) is 0 Å². The van der Waals surface area contributed by atoms with Crippen molar-refractivity contribution in [2.45, 2.75) is 25.9 Å². The van der Waals surface area contributed by atoms with E-state index >= 15 is 0 Å². The molecular formula is C14H19N5O2. The Morgan fingerprint density at radius 1 is 1.43 bits per heavy atom.